The normalized spacial score (nSPS) is 10.7. The fourth-order valence-corrected chi connectivity index (χ4v) is 1.59. The van der Waals surface area contributed by atoms with Crippen molar-refractivity contribution in [2.75, 3.05) is 13.7 Å². The highest BCUT2D eigenvalue weighted by Crippen LogP contribution is 2.21. The molecule has 0 aliphatic heterocycles. The summed E-state index contributed by atoms with van der Waals surface area (Å²) in [6, 6.07) is 7.96. The highest BCUT2D eigenvalue weighted by molar-refractivity contribution is 5.81. The van der Waals surface area contributed by atoms with Crippen LogP contribution < -0.4 is 4.74 Å². The van der Waals surface area contributed by atoms with E-state index in [0.717, 1.165) is 11.3 Å². The van der Waals surface area contributed by atoms with Gasteiger partial charge in [0.2, 0.25) is 0 Å². The molecule has 0 saturated carbocycles. The molecule has 1 N–H and O–H groups in total. The molecule has 3 heteroatoms. The second-order valence-corrected chi connectivity index (χ2v) is 3.16. The first-order valence-electron chi connectivity index (χ1n) is 4.59. The summed E-state index contributed by atoms with van der Waals surface area (Å²) in [5.74, 6) is 0.843. The average molecular weight is 191 g/mol. The Labute approximate surface area is 82.5 Å². The third kappa shape index (κ3) is 1.46. The van der Waals surface area contributed by atoms with E-state index in [-0.39, 0.29) is 6.61 Å². The Morgan fingerprint density at radius 3 is 2.93 bits per heavy atom. The third-order valence-electron chi connectivity index (χ3n) is 2.32. The average Bonchev–Trinajstić information content (AvgIpc) is 2.61. The topological polar surface area (TPSA) is 34.4 Å². The van der Waals surface area contributed by atoms with Gasteiger partial charge in [0, 0.05) is 18.8 Å². The lowest BCUT2D eigenvalue weighted by molar-refractivity contribution is 0.278. The van der Waals surface area contributed by atoms with Crippen molar-refractivity contribution in [1.29, 1.82) is 0 Å². The van der Waals surface area contributed by atoms with Crippen molar-refractivity contribution in [3.05, 3.63) is 30.5 Å². The van der Waals surface area contributed by atoms with Crippen LogP contribution >= 0.6 is 0 Å². The molecule has 1 aromatic carbocycles. The Hall–Kier alpha value is -1.48. The minimum atomic E-state index is 0.154. The molecule has 0 radical (unpaired) electrons. The molecule has 2 rings (SSSR count). The highest BCUT2D eigenvalue weighted by Gasteiger charge is 2.01. The van der Waals surface area contributed by atoms with Crippen molar-refractivity contribution in [3.8, 4) is 5.75 Å². The molecule has 1 heterocycles. The molecule has 0 spiro atoms. The minimum absolute atomic E-state index is 0.154. The number of aromatic nitrogens is 1. The number of hydrogen-bond donors (Lipinski definition) is 1. The molecule has 1 aromatic heterocycles. The van der Waals surface area contributed by atoms with Crippen LogP contribution in [0.4, 0.5) is 0 Å². The van der Waals surface area contributed by atoms with E-state index in [0.29, 0.717) is 6.54 Å². The molecule has 0 aliphatic carbocycles. The SMILES string of the molecule is COc1ccc2ccn(CCO)c2c1. The van der Waals surface area contributed by atoms with Gasteiger partial charge in [0.1, 0.15) is 5.75 Å². The van der Waals surface area contributed by atoms with E-state index < -0.39 is 0 Å². The van der Waals surface area contributed by atoms with E-state index >= 15 is 0 Å². The predicted octanol–water partition coefficient (Wildman–Crippen LogP) is 1.64. The summed E-state index contributed by atoms with van der Waals surface area (Å²) in [5.41, 5.74) is 1.10. The van der Waals surface area contributed by atoms with E-state index in [9.17, 15) is 0 Å². The molecule has 0 amide bonds. The molecular weight excluding hydrogens is 178 g/mol. The summed E-state index contributed by atoms with van der Waals surface area (Å²) in [6.45, 7) is 0.775. The molecular formula is C11H13NO2. The fraction of sp³-hybridized carbons (Fsp3) is 0.273. The number of benzene rings is 1. The van der Waals surface area contributed by atoms with Crippen LogP contribution in [0.25, 0.3) is 10.9 Å². The Morgan fingerprint density at radius 2 is 2.21 bits per heavy atom. The van der Waals surface area contributed by atoms with Crippen molar-refractivity contribution >= 4 is 10.9 Å². The molecule has 0 fully saturated rings. The number of methoxy groups -OCH3 is 1. The van der Waals surface area contributed by atoms with Crippen LogP contribution in [-0.4, -0.2) is 23.4 Å². The first-order valence-corrected chi connectivity index (χ1v) is 4.59. The molecule has 14 heavy (non-hydrogen) atoms. The summed E-state index contributed by atoms with van der Waals surface area (Å²) in [5, 5.41) is 10.0. The number of rotatable bonds is 3. The van der Waals surface area contributed by atoms with Gasteiger partial charge in [-0.2, -0.15) is 0 Å². The van der Waals surface area contributed by atoms with E-state index in [2.05, 4.69) is 0 Å². The molecule has 0 bridgehead atoms. The molecule has 0 unspecified atom stereocenters. The summed E-state index contributed by atoms with van der Waals surface area (Å²) >= 11 is 0. The Morgan fingerprint density at radius 1 is 1.36 bits per heavy atom. The van der Waals surface area contributed by atoms with Crippen molar-refractivity contribution < 1.29 is 9.84 Å². The zero-order valence-electron chi connectivity index (χ0n) is 8.10. The molecule has 0 saturated heterocycles. The summed E-state index contributed by atoms with van der Waals surface area (Å²) in [7, 11) is 1.65. The lowest BCUT2D eigenvalue weighted by Crippen LogP contribution is -1.99. The van der Waals surface area contributed by atoms with Crippen molar-refractivity contribution in [3.63, 3.8) is 0 Å². The molecule has 3 nitrogen and oxygen atoms in total. The lowest BCUT2D eigenvalue weighted by atomic mass is 10.2. The van der Waals surface area contributed by atoms with Crippen LogP contribution in [0.2, 0.25) is 0 Å². The fourth-order valence-electron chi connectivity index (χ4n) is 1.59. The largest absolute Gasteiger partial charge is 0.497 e. The van der Waals surface area contributed by atoms with Gasteiger partial charge >= 0.3 is 0 Å². The maximum atomic E-state index is 8.87. The van der Waals surface area contributed by atoms with Crippen LogP contribution in [0.1, 0.15) is 0 Å². The standard InChI is InChI=1S/C11H13NO2/c1-14-10-3-2-9-4-5-12(6-7-13)11(9)8-10/h2-5,8,13H,6-7H2,1H3. The third-order valence-corrected chi connectivity index (χ3v) is 2.32. The Balaban J connectivity index is 2.52. The summed E-state index contributed by atoms with van der Waals surface area (Å²) < 4.78 is 7.16. The number of nitrogens with zero attached hydrogens (tertiary/aromatic N) is 1. The second-order valence-electron chi connectivity index (χ2n) is 3.16. The van der Waals surface area contributed by atoms with E-state index in [1.54, 1.807) is 7.11 Å². The Bertz CT molecular complexity index is 434. The lowest BCUT2D eigenvalue weighted by Gasteiger charge is -2.04. The zero-order chi connectivity index (χ0) is 9.97. The van der Waals surface area contributed by atoms with Crippen LogP contribution in [0.5, 0.6) is 5.75 Å². The van der Waals surface area contributed by atoms with E-state index in [1.165, 1.54) is 5.39 Å². The van der Waals surface area contributed by atoms with Gasteiger partial charge in [-0.05, 0) is 23.6 Å². The van der Waals surface area contributed by atoms with Gasteiger partial charge in [0.05, 0.1) is 19.2 Å². The van der Waals surface area contributed by atoms with Gasteiger partial charge in [-0.25, -0.2) is 0 Å². The molecule has 74 valence electrons. The zero-order valence-corrected chi connectivity index (χ0v) is 8.10. The van der Waals surface area contributed by atoms with Gasteiger partial charge in [-0.3, -0.25) is 0 Å². The van der Waals surface area contributed by atoms with Crippen LogP contribution in [0.15, 0.2) is 30.5 Å². The number of hydrogen-bond acceptors (Lipinski definition) is 2. The monoisotopic (exact) mass is 191 g/mol. The van der Waals surface area contributed by atoms with Gasteiger partial charge < -0.3 is 14.4 Å². The molecule has 0 aliphatic rings. The van der Waals surface area contributed by atoms with E-state index in [1.807, 2.05) is 35.0 Å². The number of ether oxygens (including phenoxy) is 1. The number of aliphatic hydroxyl groups is 1. The van der Waals surface area contributed by atoms with Gasteiger partial charge in [0.15, 0.2) is 0 Å². The van der Waals surface area contributed by atoms with Crippen LogP contribution in [0, 0.1) is 0 Å². The predicted molar refractivity (Wildman–Crippen MR) is 55.6 cm³/mol. The number of fused-ring (bicyclic) bond motifs is 1. The van der Waals surface area contributed by atoms with Crippen LogP contribution in [-0.2, 0) is 6.54 Å². The maximum Gasteiger partial charge on any atom is 0.120 e. The molecule has 2 aromatic rings. The maximum absolute atomic E-state index is 8.87. The van der Waals surface area contributed by atoms with Gasteiger partial charge in [-0.15, -0.1) is 0 Å². The minimum Gasteiger partial charge on any atom is -0.497 e. The molecule has 0 atom stereocenters. The number of aliphatic hydroxyl groups excluding tert-OH is 1. The van der Waals surface area contributed by atoms with Gasteiger partial charge in [0.25, 0.3) is 0 Å². The second kappa shape index (κ2) is 3.72. The van der Waals surface area contributed by atoms with Crippen molar-refractivity contribution in [1.82, 2.24) is 4.57 Å². The first-order chi connectivity index (χ1) is 6.85. The quantitative estimate of drug-likeness (QED) is 0.800. The summed E-state index contributed by atoms with van der Waals surface area (Å²) in [6.07, 6.45) is 1.97. The van der Waals surface area contributed by atoms with Crippen molar-refractivity contribution in [2.45, 2.75) is 6.54 Å². The smallest absolute Gasteiger partial charge is 0.120 e. The van der Waals surface area contributed by atoms with Crippen molar-refractivity contribution in [2.24, 2.45) is 0 Å². The highest BCUT2D eigenvalue weighted by atomic mass is 16.5. The Kier molecular flexibility index (Phi) is 2.41. The van der Waals surface area contributed by atoms with E-state index in [4.69, 9.17) is 9.84 Å². The van der Waals surface area contributed by atoms with Crippen LogP contribution in [0.3, 0.4) is 0 Å². The van der Waals surface area contributed by atoms with Gasteiger partial charge in [-0.1, -0.05) is 0 Å². The first kappa shape index (κ1) is 9.09. The summed E-state index contributed by atoms with van der Waals surface area (Å²) in [4.78, 5) is 0.